The number of pyridine rings is 1. The average molecular weight is 419 g/mol. The summed E-state index contributed by atoms with van der Waals surface area (Å²) in [4.78, 5) is 29.7. The highest BCUT2D eigenvalue weighted by Crippen LogP contribution is 2.27. The van der Waals surface area contributed by atoms with Crippen molar-refractivity contribution in [1.29, 1.82) is 5.26 Å². The molecule has 6 heteroatoms. The Bertz CT molecular complexity index is 873. The van der Waals surface area contributed by atoms with Gasteiger partial charge in [-0.15, -0.1) is 0 Å². The van der Waals surface area contributed by atoms with E-state index in [1.54, 1.807) is 24.5 Å². The summed E-state index contributed by atoms with van der Waals surface area (Å²) in [5.41, 5.74) is 1.60. The molecule has 1 aliphatic carbocycles. The zero-order valence-electron chi connectivity index (χ0n) is 17.8. The third-order valence-corrected chi connectivity index (χ3v) is 5.89. The number of hydrogen-bond donors (Lipinski definition) is 2. The van der Waals surface area contributed by atoms with Crippen molar-refractivity contribution >= 4 is 11.8 Å². The van der Waals surface area contributed by atoms with Gasteiger partial charge < -0.3 is 10.6 Å². The van der Waals surface area contributed by atoms with Crippen molar-refractivity contribution in [1.82, 2.24) is 15.6 Å². The predicted octanol–water partition coefficient (Wildman–Crippen LogP) is 3.79. The Morgan fingerprint density at radius 1 is 1.03 bits per heavy atom. The van der Waals surface area contributed by atoms with E-state index in [1.165, 1.54) is 6.42 Å². The lowest BCUT2D eigenvalue weighted by atomic mass is 9.84. The Morgan fingerprint density at radius 2 is 1.74 bits per heavy atom. The van der Waals surface area contributed by atoms with E-state index < -0.39 is 12.1 Å². The summed E-state index contributed by atoms with van der Waals surface area (Å²) in [5, 5.41) is 15.3. The van der Waals surface area contributed by atoms with Crippen LogP contribution in [0.2, 0.25) is 0 Å². The molecule has 31 heavy (non-hydrogen) atoms. The van der Waals surface area contributed by atoms with Crippen LogP contribution in [0.1, 0.15) is 60.9 Å². The molecule has 0 spiro atoms. The van der Waals surface area contributed by atoms with Gasteiger partial charge in [0.2, 0.25) is 5.91 Å². The lowest BCUT2D eigenvalue weighted by Gasteiger charge is -2.27. The second kappa shape index (κ2) is 11.8. The van der Waals surface area contributed by atoms with E-state index in [0.717, 1.165) is 31.2 Å². The summed E-state index contributed by atoms with van der Waals surface area (Å²) in [7, 11) is 0. The van der Waals surface area contributed by atoms with Gasteiger partial charge in [0.25, 0.3) is 5.91 Å². The minimum Gasteiger partial charge on any atom is -0.340 e. The summed E-state index contributed by atoms with van der Waals surface area (Å²) >= 11 is 0. The highest BCUT2D eigenvalue weighted by molar-refractivity contribution is 5.97. The van der Waals surface area contributed by atoms with E-state index in [4.69, 9.17) is 0 Å². The average Bonchev–Trinajstić information content (AvgIpc) is 2.83. The zero-order chi connectivity index (χ0) is 21.9. The summed E-state index contributed by atoms with van der Waals surface area (Å²) in [6.45, 7) is 0. The third-order valence-electron chi connectivity index (χ3n) is 5.89. The molecule has 162 valence electrons. The maximum Gasteiger partial charge on any atom is 0.252 e. The fourth-order valence-electron chi connectivity index (χ4n) is 4.13. The summed E-state index contributed by atoms with van der Waals surface area (Å²) in [6, 6.07) is 14.1. The number of aryl methyl sites for hydroxylation is 1. The Labute approximate surface area is 184 Å². The quantitative estimate of drug-likeness (QED) is 0.648. The second-order valence-electron chi connectivity index (χ2n) is 8.22. The number of nitriles is 1. The zero-order valence-corrected chi connectivity index (χ0v) is 17.8. The molecule has 6 nitrogen and oxygen atoms in total. The van der Waals surface area contributed by atoms with Crippen LogP contribution in [-0.2, 0) is 11.2 Å². The van der Waals surface area contributed by atoms with Crippen LogP contribution in [-0.4, -0.2) is 28.9 Å². The fraction of sp³-hybridized carbons (Fsp3) is 0.440. The number of nitrogens with one attached hydrogen (secondary N) is 2. The molecule has 1 aromatic heterocycles. The summed E-state index contributed by atoms with van der Waals surface area (Å²) < 4.78 is 0. The number of carbonyl (C=O) groups excluding carboxylic acids is 2. The van der Waals surface area contributed by atoms with Crippen LogP contribution in [0.4, 0.5) is 0 Å². The van der Waals surface area contributed by atoms with E-state index in [9.17, 15) is 14.9 Å². The number of carbonyl (C=O) groups is 2. The van der Waals surface area contributed by atoms with Crippen molar-refractivity contribution in [3.8, 4) is 6.07 Å². The first-order valence-corrected chi connectivity index (χ1v) is 11.1. The first-order valence-electron chi connectivity index (χ1n) is 11.1. The highest BCUT2D eigenvalue weighted by atomic mass is 16.2. The van der Waals surface area contributed by atoms with E-state index in [1.807, 2.05) is 30.3 Å². The fourth-order valence-corrected chi connectivity index (χ4v) is 4.13. The van der Waals surface area contributed by atoms with Crippen molar-refractivity contribution in [3.63, 3.8) is 0 Å². The van der Waals surface area contributed by atoms with Gasteiger partial charge in [0, 0.05) is 18.0 Å². The molecule has 1 heterocycles. The molecule has 0 bridgehead atoms. The van der Waals surface area contributed by atoms with Gasteiger partial charge in [-0.05, 0) is 42.9 Å². The molecular weight excluding hydrogens is 388 g/mol. The topological polar surface area (TPSA) is 94.9 Å². The van der Waals surface area contributed by atoms with Crippen molar-refractivity contribution < 1.29 is 9.59 Å². The number of benzene rings is 1. The monoisotopic (exact) mass is 418 g/mol. The van der Waals surface area contributed by atoms with E-state index in [2.05, 4.69) is 21.7 Å². The molecule has 2 atom stereocenters. The SMILES string of the molecule is N#C[C@H](CCc1ccccc1)NC(=O)[C@H](CC1CCCCC1)NC(=O)c1ccncc1. The number of aromatic nitrogens is 1. The standard InChI is InChI=1S/C25H30N4O2/c26-18-22(12-11-19-7-3-1-4-8-19)28-25(31)23(17-20-9-5-2-6-10-20)29-24(30)21-13-15-27-16-14-21/h1,3-4,7-8,13-16,20,22-23H,2,5-6,9-12,17H2,(H,28,31)(H,29,30)/t22-,23-/m0/s1. The van der Waals surface area contributed by atoms with Gasteiger partial charge in [0.15, 0.2) is 0 Å². The number of hydrogen-bond acceptors (Lipinski definition) is 4. The van der Waals surface area contributed by atoms with Gasteiger partial charge >= 0.3 is 0 Å². The van der Waals surface area contributed by atoms with Crippen LogP contribution < -0.4 is 10.6 Å². The van der Waals surface area contributed by atoms with Crippen LogP contribution in [0.5, 0.6) is 0 Å². The van der Waals surface area contributed by atoms with Gasteiger partial charge in [-0.1, -0.05) is 62.4 Å². The Hall–Kier alpha value is -3.20. The van der Waals surface area contributed by atoms with Crippen LogP contribution in [0.3, 0.4) is 0 Å². The largest absolute Gasteiger partial charge is 0.340 e. The Morgan fingerprint density at radius 3 is 2.42 bits per heavy atom. The second-order valence-corrected chi connectivity index (χ2v) is 8.22. The van der Waals surface area contributed by atoms with Gasteiger partial charge in [-0.3, -0.25) is 14.6 Å². The number of amides is 2. The molecule has 0 aliphatic heterocycles. The van der Waals surface area contributed by atoms with Crippen molar-refractivity contribution in [2.75, 3.05) is 0 Å². The molecule has 1 fully saturated rings. The van der Waals surface area contributed by atoms with E-state index in [-0.39, 0.29) is 11.8 Å². The van der Waals surface area contributed by atoms with Gasteiger partial charge in [-0.2, -0.15) is 5.26 Å². The normalized spacial score (nSPS) is 16.0. The molecule has 1 saturated carbocycles. The molecule has 2 aromatic rings. The van der Waals surface area contributed by atoms with Crippen LogP contribution in [0, 0.1) is 17.2 Å². The molecule has 3 rings (SSSR count). The maximum atomic E-state index is 13.1. The minimum absolute atomic E-state index is 0.285. The van der Waals surface area contributed by atoms with Crippen molar-refractivity contribution in [3.05, 3.63) is 66.0 Å². The molecule has 0 radical (unpaired) electrons. The van der Waals surface area contributed by atoms with Crippen LogP contribution in [0.25, 0.3) is 0 Å². The van der Waals surface area contributed by atoms with Crippen molar-refractivity contribution in [2.24, 2.45) is 5.92 Å². The molecule has 0 saturated heterocycles. The lowest BCUT2D eigenvalue weighted by molar-refractivity contribution is -0.123. The van der Waals surface area contributed by atoms with Crippen molar-refractivity contribution in [2.45, 2.75) is 63.5 Å². The molecule has 1 aromatic carbocycles. The predicted molar refractivity (Wildman–Crippen MR) is 119 cm³/mol. The Kier molecular flexibility index (Phi) is 8.59. The van der Waals surface area contributed by atoms with E-state index >= 15 is 0 Å². The summed E-state index contributed by atoms with van der Waals surface area (Å²) in [6.07, 6.45) is 10.6. The smallest absolute Gasteiger partial charge is 0.252 e. The first kappa shape index (κ1) is 22.5. The van der Waals surface area contributed by atoms with Crippen LogP contribution >= 0.6 is 0 Å². The molecular formula is C25H30N4O2. The molecule has 2 N–H and O–H groups in total. The molecule has 0 unspecified atom stereocenters. The van der Waals surface area contributed by atoms with Gasteiger partial charge in [-0.25, -0.2) is 0 Å². The number of nitrogens with zero attached hydrogens (tertiary/aromatic N) is 2. The molecule has 2 amide bonds. The lowest BCUT2D eigenvalue weighted by Crippen LogP contribution is -2.50. The van der Waals surface area contributed by atoms with Gasteiger partial charge in [0.1, 0.15) is 12.1 Å². The minimum atomic E-state index is -0.656. The van der Waals surface area contributed by atoms with Crippen LogP contribution in [0.15, 0.2) is 54.9 Å². The highest BCUT2D eigenvalue weighted by Gasteiger charge is 2.27. The number of rotatable bonds is 9. The third kappa shape index (κ3) is 7.21. The van der Waals surface area contributed by atoms with Gasteiger partial charge in [0.05, 0.1) is 6.07 Å². The first-order chi connectivity index (χ1) is 15.2. The molecule has 1 aliphatic rings. The Balaban J connectivity index is 1.63. The summed E-state index contributed by atoms with van der Waals surface area (Å²) in [5.74, 6) is -0.171. The maximum absolute atomic E-state index is 13.1. The van der Waals surface area contributed by atoms with E-state index in [0.29, 0.717) is 30.7 Å².